The molecule has 2 amide bonds. The molecule has 3 N–H and O–H groups in total. The van der Waals surface area contributed by atoms with Crippen LogP contribution in [0.1, 0.15) is 32.5 Å². The molecule has 0 spiro atoms. The van der Waals surface area contributed by atoms with Crippen LogP contribution < -0.4 is 10.6 Å². The van der Waals surface area contributed by atoms with Crippen molar-refractivity contribution >= 4 is 34.4 Å². The number of carbonyl (C=O) groups is 2. The first kappa shape index (κ1) is 16.7. The summed E-state index contributed by atoms with van der Waals surface area (Å²) in [6, 6.07) is 7.44. The molecular weight excluding hydrogens is 320 g/mol. The van der Waals surface area contributed by atoms with Crippen molar-refractivity contribution in [1.82, 2.24) is 19.7 Å². The zero-order valence-electron chi connectivity index (χ0n) is 14.3. The van der Waals surface area contributed by atoms with E-state index in [0.29, 0.717) is 0 Å². The first-order valence-corrected chi connectivity index (χ1v) is 8.01. The van der Waals surface area contributed by atoms with E-state index in [-0.39, 0.29) is 30.2 Å². The Labute approximate surface area is 144 Å². The number of aromatic amines is 1. The number of benzene rings is 1. The Balaban J connectivity index is 1.76. The molecule has 3 aromatic rings. The molecule has 2 aromatic heterocycles. The Morgan fingerprint density at radius 2 is 2.04 bits per heavy atom. The van der Waals surface area contributed by atoms with E-state index in [1.807, 2.05) is 48.9 Å². The standard InChI is InChI=1S/C17H20N6O2/c1-10(2)16-20-17(22-21-16)19-15(25)9-23-8-7-12-13(18-11(3)24)5-4-6-14(12)23/h4-8,10H,9H2,1-3H3,(H,18,24)(H2,19,20,21,22,25). The summed E-state index contributed by atoms with van der Waals surface area (Å²) >= 11 is 0. The van der Waals surface area contributed by atoms with Gasteiger partial charge in [-0.15, -0.1) is 5.10 Å². The first-order valence-electron chi connectivity index (χ1n) is 8.01. The first-order chi connectivity index (χ1) is 11.9. The van der Waals surface area contributed by atoms with Crippen LogP contribution in [-0.4, -0.2) is 31.6 Å². The predicted octanol–water partition coefficient (Wildman–Crippen LogP) is 2.48. The van der Waals surface area contributed by atoms with Crippen LogP contribution in [0.5, 0.6) is 0 Å². The lowest BCUT2D eigenvalue weighted by Gasteiger charge is -2.07. The predicted molar refractivity (Wildman–Crippen MR) is 95.3 cm³/mol. The molecule has 0 aliphatic heterocycles. The maximum absolute atomic E-state index is 12.3. The van der Waals surface area contributed by atoms with Crippen molar-refractivity contribution in [3.8, 4) is 0 Å². The fourth-order valence-electron chi connectivity index (χ4n) is 2.57. The Morgan fingerprint density at radius 1 is 1.24 bits per heavy atom. The molecular formula is C17H20N6O2. The molecule has 8 nitrogen and oxygen atoms in total. The SMILES string of the molecule is CC(=O)Nc1cccc2c1ccn2CC(=O)Nc1n[nH]c(C(C)C)n1. The molecule has 0 radical (unpaired) electrons. The van der Waals surface area contributed by atoms with Crippen molar-refractivity contribution in [3.63, 3.8) is 0 Å². The number of rotatable bonds is 5. The van der Waals surface area contributed by atoms with E-state index in [4.69, 9.17) is 0 Å². The molecule has 8 heteroatoms. The van der Waals surface area contributed by atoms with Gasteiger partial charge < -0.3 is 9.88 Å². The van der Waals surface area contributed by atoms with E-state index in [1.165, 1.54) is 6.92 Å². The summed E-state index contributed by atoms with van der Waals surface area (Å²) in [6.07, 6.45) is 1.81. The molecule has 0 aliphatic rings. The summed E-state index contributed by atoms with van der Waals surface area (Å²) in [7, 11) is 0. The molecule has 0 aliphatic carbocycles. The van der Waals surface area contributed by atoms with E-state index in [2.05, 4.69) is 25.8 Å². The zero-order chi connectivity index (χ0) is 18.0. The quantitative estimate of drug-likeness (QED) is 0.663. The Morgan fingerprint density at radius 3 is 2.72 bits per heavy atom. The van der Waals surface area contributed by atoms with Gasteiger partial charge in [-0.1, -0.05) is 19.9 Å². The minimum Gasteiger partial charge on any atom is -0.338 e. The van der Waals surface area contributed by atoms with Crippen LogP contribution in [0, 0.1) is 0 Å². The summed E-state index contributed by atoms with van der Waals surface area (Å²) in [4.78, 5) is 27.8. The lowest BCUT2D eigenvalue weighted by atomic mass is 10.2. The van der Waals surface area contributed by atoms with E-state index in [0.717, 1.165) is 22.4 Å². The third-order valence-electron chi connectivity index (χ3n) is 3.74. The van der Waals surface area contributed by atoms with Gasteiger partial charge in [0.05, 0.1) is 11.2 Å². The topological polar surface area (TPSA) is 105 Å². The molecule has 0 saturated carbocycles. The minimum atomic E-state index is -0.225. The monoisotopic (exact) mass is 340 g/mol. The summed E-state index contributed by atoms with van der Waals surface area (Å²) in [5, 5.41) is 13.1. The molecule has 130 valence electrons. The van der Waals surface area contributed by atoms with Gasteiger partial charge in [0.2, 0.25) is 17.8 Å². The van der Waals surface area contributed by atoms with Crippen LogP contribution in [0.25, 0.3) is 10.9 Å². The van der Waals surface area contributed by atoms with Crippen LogP contribution in [0.2, 0.25) is 0 Å². The number of anilines is 2. The largest absolute Gasteiger partial charge is 0.338 e. The highest BCUT2D eigenvalue weighted by Gasteiger charge is 2.12. The number of carbonyl (C=O) groups excluding carboxylic acids is 2. The summed E-state index contributed by atoms with van der Waals surface area (Å²) in [5.74, 6) is 0.838. The van der Waals surface area contributed by atoms with E-state index < -0.39 is 0 Å². The highest BCUT2D eigenvalue weighted by Crippen LogP contribution is 2.24. The Kier molecular flexibility index (Phi) is 4.51. The normalized spacial score (nSPS) is 11.0. The van der Waals surface area contributed by atoms with Crippen molar-refractivity contribution in [1.29, 1.82) is 0 Å². The van der Waals surface area contributed by atoms with Gasteiger partial charge in [0.1, 0.15) is 12.4 Å². The summed E-state index contributed by atoms with van der Waals surface area (Å²) in [5.41, 5.74) is 1.58. The molecule has 0 fully saturated rings. The van der Waals surface area contributed by atoms with Gasteiger partial charge in [-0.2, -0.15) is 4.98 Å². The van der Waals surface area contributed by atoms with E-state index in [9.17, 15) is 9.59 Å². The van der Waals surface area contributed by atoms with Crippen molar-refractivity contribution in [3.05, 3.63) is 36.3 Å². The van der Waals surface area contributed by atoms with E-state index in [1.54, 1.807) is 0 Å². The van der Waals surface area contributed by atoms with Crippen LogP contribution in [-0.2, 0) is 16.1 Å². The van der Waals surface area contributed by atoms with Crippen molar-refractivity contribution < 1.29 is 9.59 Å². The number of amides is 2. The third-order valence-corrected chi connectivity index (χ3v) is 3.74. The molecule has 1 aromatic carbocycles. The molecule has 25 heavy (non-hydrogen) atoms. The second-order valence-corrected chi connectivity index (χ2v) is 6.11. The lowest BCUT2D eigenvalue weighted by Crippen LogP contribution is -2.19. The number of hydrogen-bond donors (Lipinski definition) is 3. The number of H-pyrrole nitrogens is 1. The van der Waals surface area contributed by atoms with Gasteiger partial charge in [-0.25, -0.2) is 0 Å². The zero-order valence-corrected chi connectivity index (χ0v) is 14.3. The van der Waals surface area contributed by atoms with Crippen molar-refractivity contribution in [2.24, 2.45) is 0 Å². The number of hydrogen-bond acceptors (Lipinski definition) is 4. The number of fused-ring (bicyclic) bond motifs is 1. The van der Waals surface area contributed by atoms with Gasteiger partial charge in [-0.3, -0.25) is 20.0 Å². The van der Waals surface area contributed by atoms with Gasteiger partial charge in [0.15, 0.2) is 0 Å². The molecule has 0 bridgehead atoms. The Hall–Kier alpha value is -3.16. The number of nitrogens with one attached hydrogen (secondary N) is 3. The number of aromatic nitrogens is 4. The molecule has 0 saturated heterocycles. The van der Waals surface area contributed by atoms with Crippen molar-refractivity contribution in [2.45, 2.75) is 33.2 Å². The minimum absolute atomic E-state index is 0.124. The smallest absolute Gasteiger partial charge is 0.248 e. The lowest BCUT2D eigenvalue weighted by molar-refractivity contribution is -0.117. The highest BCUT2D eigenvalue weighted by molar-refractivity contribution is 6.01. The fourth-order valence-corrected chi connectivity index (χ4v) is 2.57. The maximum Gasteiger partial charge on any atom is 0.248 e. The van der Waals surface area contributed by atoms with Gasteiger partial charge >= 0.3 is 0 Å². The average Bonchev–Trinajstić information content (AvgIpc) is 3.15. The molecule has 2 heterocycles. The van der Waals surface area contributed by atoms with Gasteiger partial charge in [0, 0.05) is 24.4 Å². The Bertz CT molecular complexity index is 924. The highest BCUT2D eigenvalue weighted by atomic mass is 16.2. The summed E-state index contributed by atoms with van der Waals surface area (Å²) < 4.78 is 1.81. The van der Waals surface area contributed by atoms with E-state index >= 15 is 0 Å². The molecule has 0 unspecified atom stereocenters. The molecule has 3 rings (SSSR count). The average molecular weight is 340 g/mol. The number of nitrogens with zero attached hydrogens (tertiary/aromatic N) is 3. The van der Waals surface area contributed by atoms with Crippen LogP contribution >= 0.6 is 0 Å². The maximum atomic E-state index is 12.3. The van der Waals surface area contributed by atoms with Crippen LogP contribution in [0.15, 0.2) is 30.5 Å². The van der Waals surface area contributed by atoms with Crippen LogP contribution in [0.4, 0.5) is 11.6 Å². The second-order valence-electron chi connectivity index (χ2n) is 6.11. The second kappa shape index (κ2) is 6.76. The molecule has 0 atom stereocenters. The van der Waals surface area contributed by atoms with Crippen LogP contribution in [0.3, 0.4) is 0 Å². The van der Waals surface area contributed by atoms with Crippen molar-refractivity contribution in [2.75, 3.05) is 10.6 Å². The fraction of sp³-hybridized carbons (Fsp3) is 0.294. The van der Waals surface area contributed by atoms with Gasteiger partial charge in [0.25, 0.3) is 0 Å². The third kappa shape index (κ3) is 3.68. The summed E-state index contributed by atoms with van der Waals surface area (Å²) in [6.45, 7) is 5.57. The van der Waals surface area contributed by atoms with Gasteiger partial charge in [-0.05, 0) is 18.2 Å².